The molecule has 0 aromatic carbocycles. The van der Waals surface area contributed by atoms with Gasteiger partial charge < -0.3 is 10.2 Å². The number of rotatable bonds is 4. The van der Waals surface area contributed by atoms with E-state index in [4.69, 9.17) is 0 Å². The Morgan fingerprint density at radius 3 is 2.35 bits per heavy atom. The maximum absolute atomic E-state index is 12.3. The summed E-state index contributed by atoms with van der Waals surface area (Å²) in [5.41, 5.74) is -0.681. The highest BCUT2D eigenvalue weighted by atomic mass is 16.2. The van der Waals surface area contributed by atoms with Crippen molar-refractivity contribution in [2.75, 3.05) is 6.54 Å². The van der Waals surface area contributed by atoms with Crippen LogP contribution in [0.2, 0.25) is 0 Å². The Kier molecular flexibility index (Phi) is 4.17. The minimum atomic E-state index is -0.681. The van der Waals surface area contributed by atoms with Crippen molar-refractivity contribution in [2.45, 2.75) is 59.0 Å². The first kappa shape index (κ1) is 14.0. The van der Waals surface area contributed by atoms with Crippen molar-refractivity contribution in [1.82, 2.24) is 10.2 Å². The van der Waals surface area contributed by atoms with E-state index in [0.29, 0.717) is 25.3 Å². The fraction of sp³-hybridized carbons (Fsp3) is 0.846. The normalized spacial score (nSPS) is 29.8. The molecule has 98 valence electrons. The van der Waals surface area contributed by atoms with E-state index in [2.05, 4.69) is 19.2 Å². The number of carbonyl (C=O) groups is 2. The molecule has 0 aromatic rings. The first-order valence-corrected chi connectivity index (χ1v) is 6.49. The van der Waals surface area contributed by atoms with Gasteiger partial charge in [0.05, 0.1) is 0 Å². The van der Waals surface area contributed by atoms with Gasteiger partial charge in [-0.2, -0.15) is 0 Å². The van der Waals surface area contributed by atoms with Crippen molar-refractivity contribution < 1.29 is 9.59 Å². The zero-order valence-corrected chi connectivity index (χ0v) is 11.5. The zero-order valence-electron chi connectivity index (χ0n) is 11.5. The number of nitrogens with zero attached hydrogens (tertiary/aromatic N) is 1. The van der Waals surface area contributed by atoms with Crippen molar-refractivity contribution in [3.05, 3.63) is 0 Å². The highest BCUT2D eigenvalue weighted by Gasteiger charge is 2.47. The highest BCUT2D eigenvalue weighted by Crippen LogP contribution is 2.26. The van der Waals surface area contributed by atoms with Gasteiger partial charge in [-0.1, -0.05) is 20.8 Å². The van der Waals surface area contributed by atoms with Gasteiger partial charge in [-0.25, -0.2) is 0 Å². The molecule has 0 spiro atoms. The lowest BCUT2D eigenvalue weighted by atomic mass is 9.88. The monoisotopic (exact) mass is 240 g/mol. The average molecular weight is 240 g/mol. The molecule has 1 fully saturated rings. The molecule has 1 aliphatic heterocycles. The van der Waals surface area contributed by atoms with Crippen LogP contribution in [0.1, 0.15) is 47.5 Å². The van der Waals surface area contributed by atoms with Gasteiger partial charge in [0.15, 0.2) is 0 Å². The minimum Gasteiger partial charge on any atom is -0.342 e. The van der Waals surface area contributed by atoms with Crippen molar-refractivity contribution in [1.29, 1.82) is 0 Å². The van der Waals surface area contributed by atoms with Crippen LogP contribution in [0, 0.1) is 5.92 Å². The smallest absolute Gasteiger partial charge is 0.246 e. The average Bonchev–Trinajstić information content (AvgIpc) is 2.26. The maximum atomic E-state index is 12.3. The third-order valence-corrected chi connectivity index (χ3v) is 3.67. The number of nitrogens with one attached hydrogen (secondary N) is 1. The van der Waals surface area contributed by atoms with Crippen LogP contribution in [0.15, 0.2) is 0 Å². The number of hydrogen-bond acceptors (Lipinski definition) is 2. The number of piperazine rings is 1. The first-order valence-electron chi connectivity index (χ1n) is 6.49. The second-order valence-corrected chi connectivity index (χ2v) is 5.37. The molecule has 1 heterocycles. The molecule has 0 aromatic heterocycles. The van der Waals surface area contributed by atoms with Crippen molar-refractivity contribution in [2.24, 2.45) is 5.92 Å². The molecule has 17 heavy (non-hydrogen) atoms. The first-order chi connectivity index (χ1) is 7.86. The summed E-state index contributed by atoms with van der Waals surface area (Å²) in [5, 5.41) is 2.87. The second-order valence-electron chi connectivity index (χ2n) is 5.37. The van der Waals surface area contributed by atoms with Gasteiger partial charge in [0.1, 0.15) is 11.6 Å². The molecule has 4 nitrogen and oxygen atoms in total. The van der Waals surface area contributed by atoms with Gasteiger partial charge in [0.2, 0.25) is 11.8 Å². The van der Waals surface area contributed by atoms with Gasteiger partial charge in [0, 0.05) is 6.54 Å². The van der Waals surface area contributed by atoms with Crippen LogP contribution >= 0.6 is 0 Å². The van der Waals surface area contributed by atoms with Gasteiger partial charge in [-0.05, 0) is 32.6 Å². The summed E-state index contributed by atoms with van der Waals surface area (Å²) < 4.78 is 0. The fourth-order valence-corrected chi connectivity index (χ4v) is 2.42. The van der Waals surface area contributed by atoms with Crippen molar-refractivity contribution in [3.63, 3.8) is 0 Å². The molecular weight excluding hydrogens is 216 g/mol. The van der Waals surface area contributed by atoms with Gasteiger partial charge in [0.25, 0.3) is 0 Å². The zero-order chi connectivity index (χ0) is 13.2. The summed E-state index contributed by atoms with van der Waals surface area (Å²) in [6.45, 7) is 10.4. The third kappa shape index (κ3) is 2.45. The number of carbonyl (C=O) groups excluding carboxylic acids is 2. The van der Waals surface area contributed by atoms with Crippen LogP contribution in [0.3, 0.4) is 0 Å². The van der Waals surface area contributed by atoms with E-state index >= 15 is 0 Å². The van der Waals surface area contributed by atoms with Crippen molar-refractivity contribution >= 4 is 11.8 Å². The number of hydrogen-bond donors (Lipinski definition) is 1. The molecular formula is C13H24N2O2. The Hall–Kier alpha value is -1.06. The Morgan fingerprint density at radius 1 is 1.35 bits per heavy atom. The van der Waals surface area contributed by atoms with E-state index in [1.807, 2.05) is 20.8 Å². The molecule has 0 radical (unpaired) electrons. The lowest BCUT2D eigenvalue weighted by Gasteiger charge is -2.45. The quantitative estimate of drug-likeness (QED) is 0.810. The van der Waals surface area contributed by atoms with E-state index in [1.54, 1.807) is 4.90 Å². The Labute approximate surface area is 104 Å². The van der Waals surface area contributed by atoms with Crippen molar-refractivity contribution in [3.8, 4) is 0 Å². The van der Waals surface area contributed by atoms with E-state index in [-0.39, 0.29) is 17.9 Å². The molecule has 1 rings (SSSR count). The summed E-state index contributed by atoms with van der Waals surface area (Å²) in [6.07, 6.45) is 1.35. The fourth-order valence-electron chi connectivity index (χ4n) is 2.42. The van der Waals surface area contributed by atoms with E-state index in [1.165, 1.54) is 0 Å². The topological polar surface area (TPSA) is 49.4 Å². The number of amides is 2. The molecule has 1 aliphatic rings. The highest BCUT2D eigenvalue weighted by molar-refractivity contribution is 5.99. The molecule has 2 unspecified atom stereocenters. The Balaban J connectivity index is 2.96. The molecule has 2 atom stereocenters. The summed E-state index contributed by atoms with van der Waals surface area (Å²) in [5.74, 6) is 0.436. The molecule has 0 aliphatic carbocycles. The van der Waals surface area contributed by atoms with E-state index < -0.39 is 5.54 Å². The van der Waals surface area contributed by atoms with Crippen LogP contribution in [0.25, 0.3) is 0 Å². The third-order valence-electron chi connectivity index (χ3n) is 3.67. The van der Waals surface area contributed by atoms with Gasteiger partial charge in [-0.15, -0.1) is 0 Å². The van der Waals surface area contributed by atoms with E-state index in [9.17, 15) is 9.59 Å². The van der Waals surface area contributed by atoms with Gasteiger partial charge >= 0.3 is 0 Å². The van der Waals surface area contributed by atoms with Gasteiger partial charge in [-0.3, -0.25) is 9.59 Å². The van der Waals surface area contributed by atoms with Crippen LogP contribution < -0.4 is 5.32 Å². The summed E-state index contributed by atoms with van der Waals surface area (Å²) in [7, 11) is 0. The molecule has 1 saturated heterocycles. The van der Waals surface area contributed by atoms with Crippen LogP contribution in [0.5, 0.6) is 0 Å². The summed E-state index contributed by atoms with van der Waals surface area (Å²) in [4.78, 5) is 26.2. The lowest BCUT2D eigenvalue weighted by Crippen LogP contribution is -2.69. The lowest BCUT2D eigenvalue weighted by molar-refractivity contribution is -0.156. The molecule has 2 amide bonds. The maximum Gasteiger partial charge on any atom is 0.246 e. The number of likely N-dealkylation sites (N-methyl/N-ethyl adjacent to an activating group) is 1. The Bertz CT molecular complexity index is 315. The minimum absolute atomic E-state index is 0.0212. The SMILES string of the molecule is CCN1C(=O)C(CC(C)C)NC(=O)C1(C)CC. The Morgan fingerprint density at radius 2 is 1.94 bits per heavy atom. The second kappa shape index (κ2) is 5.07. The molecule has 0 saturated carbocycles. The molecule has 0 bridgehead atoms. The molecule has 4 heteroatoms. The van der Waals surface area contributed by atoms with Crippen LogP contribution in [0.4, 0.5) is 0 Å². The predicted molar refractivity (Wildman–Crippen MR) is 67.5 cm³/mol. The van der Waals surface area contributed by atoms with Crippen LogP contribution in [-0.2, 0) is 9.59 Å². The predicted octanol–water partition coefficient (Wildman–Crippen LogP) is 1.55. The largest absolute Gasteiger partial charge is 0.342 e. The van der Waals surface area contributed by atoms with Crippen LogP contribution in [-0.4, -0.2) is 34.8 Å². The van der Waals surface area contributed by atoms with E-state index in [0.717, 1.165) is 0 Å². The summed E-state index contributed by atoms with van der Waals surface area (Å²) >= 11 is 0. The molecule has 1 N–H and O–H groups in total. The standard InChI is InChI=1S/C13H24N2O2/c1-6-13(5)12(17)14-10(8-9(3)4)11(16)15(13)7-2/h9-10H,6-8H2,1-5H3,(H,14,17). The summed E-state index contributed by atoms with van der Waals surface area (Å²) in [6, 6.07) is -0.345.